The lowest BCUT2D eigenvalue weighted by Crippen LogP contribution is -2.30. The first-order valence-corrected chi connectivity index (χ1v) is 12.4. The van der Waals surface area contributed by atoms with Gasteiger partial charge in [0.2, 0.25) is 0 Å². The molecule has 1 N–H and O–H groups in total. The highest BCUT2D eigenvalue weighted by molar-refractivity contribution is 7.13. The quantitative estimate of drug-likeness (QED) is 0.329. The Bertz CT molecular complexity index is 1450. The second kappa shape index (κ2) is 9.37. The number of aliphatic hydroxyl groups is 1. The third-order valence-electron chi connectivity index (χ3n) is 5.67. The Balaban J connectivity index is 1.64. The summed E-state index contributed by atoms with van der Waals surface area (Å²) < 4.78 is 39.6. The number of aromatic nitrogens is 2. The summed E-state index contributed by atoms with van der Waals surface area (Å²) in [5.74, 6) is -3.46. The molecule has 4 aromatic rings. The zero-order valence-electron chi connectivity index (χ0n) is 18.9. The number of methoxy groups -OCH3 is 1. The molecule has 1 aliphatic heterocycles. The maximum absolute atomic E-state index is 14.8. The maximum Gasteiger partial charge on any atom is 0.342 e. The summed E-state index contributed by atoms with van der Waals surface area (Å²) in [6.45, 7) is 2.28. The van der Waals surface area contributed by atoms with E-state index in [1.165, 1.54) is 23.5 Å². The largest absolute Gasteiger partial charge is 0.491 e. The SMILES string of the molecule is CCCOc1ccc(C2(O)OC(=O)C(c3ccc4nsnc4c3)=C2Cc2ccc(OC)s2)cc1F. The number of halogens is 1. The van der Waals surface area contributed by atoms with Crippen molar-refractivity contribution in [2.45, 2.75) is 25.6 Å². The van der Waals surface area contributed by atoms with Crippen LogP contribution >= 0.6 is 23.1 Å². The van der Waals surface area contributed by atoms with Crippen molar-refractivity contribution in [3.63, 3.8) is 0 Å². The van der Waals surface area contributed by atoms with Crippen molar-refractivity contribution in [2.24, 2.45) is 0 Å². The number of cyclic esters (lactones) is 1. The van der Waals surface area contributed by atoms with Crippen molar-refractivity contribution in [3.05, 3.63) is 75.9 Å². The molecular formula is C25H21FN2O5S2. The Morgan fingerprint density at radius 2 is 1.94 bits per heavy atom. The standard InChI is InChI=1S/C25H21FN2O5S2/c1-3-10-32-21-8-5-15(12-18(21)26)25(30)17(13-16-6-9-22(31-2)34-16)23(24(29)33-25)14-4-7-19-20(11-14)28-35-27-19/h4-9,11-12,30H,3,10,13H2,1-2H3. The van der Waals surface area contributed by atoms with Crippen LogP contribution in [0.5, 0.6) is 10.8 Å². The van der Waals surface area contributed by atoms with E-state index in [2.05, 4.69) is 8.75 Å². The van der Waals surface area contributed by atoms with Gasteiger partial charge in [-0.2, -0.15) is 8.75 Å². The molecule has 1 aliphatic rings. The van der Waals surface area contributed by atoms with Crippen molar-refractivity contribution in [1.29, 1.82) is 0 Å². The summed E-state index contributed by atoms with van der Waals surface area (Å²) >= 11 is 2.45. The number of carbonyl (C=O) groups is 1. The van der Waals surface area contributed by atoms with Crippen LogP contribution < -0.4 is 9.47 Å². The average molecular weight is 513 g/mol. The van der Waals surface area contributed by atoms with E-state index in [1.54, 1.807) is 25.3 Å². The summed E-state index contributed by atoms with van der Waals surface area (Å²) in [7, 11) is 1.57. The first kappa shape index (κ1) is 23.4. The Hall–Kier alpha value is -3.34. The van der Waals surface area contributed by atoms with Crippen LogP contribution in [-0.4, -0.2) is 33.5 Å². The predicted octanol–water partition coefficient (Wildman–Crippen LogP) is 5.09. The van der Waals surface area contributed by atoms with Crippen molar-refractivity contribution >= 4 is 45.6 Å². The van der Waals surface area contributed by atoms with E-state index in [4.69, 9.17) is 14.2 Å². The molecule has 0 bridgehead atoms. The lowest BCUT2D eigenvalue weighted by Gasteiger charge is -2.25. The fourth-order valence-electron chi connectivity index (χ4n) is 3.99. The van der Waals surface area contributed by atoms with Gasteiger partial charge in [-0.3, -0.25) is 0 Å². The van der Waals surface area contributed by atoms with E-state index in [1.807, 2.05) is 19.1 Å². The predicted molar refractivity (Wildman–Crippen MR) is 131 cm³/mol. The molecule has 0 saturated heterocycles. The number of esters is 1. The highest BCUT2D eigenvalue weighted by Gasteiger charge is 2.48. The molecule has 1 atom stereocenters. The Kier molecular flexibility index (Phi) is 6.26. The summed E-state index contributed by atoms with van der Waals surface area (Å²) in [6, 6.07) is 13.0. The van der Waals surface area contributed by atoms with Crippen LogP contribution in [0.25, 0.3) is 16.6 Å². The third kappa shape index (κ3) is 4.29. The van der Waals surface area contributed by atoms with E-state index < -0.39 is 17.6 Å². The van der Waals surface area contributed by atoms with E-state index in [-0.39, 0.29) is 23.3 Å². The molecule has 0 aliphatic carbocycles. The van der Waals surface area contributed by atoms with Gasteiger partial charge in [-0.1, -0.05) is 13.0 Å². The van der Waals surface area contributed by atoms with Gasteiger partial charge < -0.3 is 19.3 Å². The molecule has 7 nitrogen and oxygen atoms in total. The minimum Gasteiger partial charge on any atom is -0.491 e. The number of fused-ring (bicyclic) bond motifs is 1. The van der Waals surface area contributed by atoms with Crippen LogP contribution in [0, 0.1) is 5.82 Å². The molecule has 0 spiro atoms. The summed E-state index contributed by atoms with van der Waals surface area (Å²) in [5.41, 5.74) is 2.47. The molecule has 5 rings (SSSR count). The van der Waals surface area contributed by atoms with Gasteiger partial charge in [0, 0.05) is 22.4 Å². The zero-order chi connectivity index (χ0) is 24.6. The Labute approximate surface area is 208 Å². The van der Waals surface area contributed by atoms with Crippen molar-refractivity contribution in [1.82, 2.24) is 8.75 Å². The molecule has 35 heavy (non-hydrogen) atoms. The molecule has 180 valence electrons. The highest BCUT2D eigenvalue weighted by atomic mass is 32.1. The number of ether oxygens (including phenoxy) is 3. The van der Waals surface area contributed by atoms with E-state index in [9.17, 15) is 14.3 Å². The van der Waals surface area contributed by atoms with Crippen LogP contribution in [-0.2, 0) is 21.7 Å². The Morgan fingerprint density at radius 3 is 2.69 bits per heavy atom. The van der Waals surface area contributed by atoms with Gasteiger partial charge >= 0.3 is 5.97 Å². The van der Waals surface area contributed by atoms with Crippen molar-refractivity contribution in [2.75, 3.05) is 13.7 Å². The van der Waals surface area contributed by atoms with E-state index in [0.29, 0.717) is 33.8 Å². The van der Waals surface area contributed by atoms with Crippen molar-refractivity contribution in [3.8, 4) is 10.8 Å². The molecule has 2 aromatic heterocycles. The van der Waals surface area contributed by atoms with Gasteiger partial charge in [0.1, 0.15) is 11.0 Å². The molecule has 0 saturated carbocycles. The molecule has 10 heteroatoms. The molecule has 2 aromatic carbocycles. The number of nitrogens with zero attached hydrogens (tertiary/aromatic N) is 2. The lowest BCUT2D eigenvalue weighted by atomic mass is 9.89. The first-order chi connectivity index (χ1) is 16.9. The van der Waals surface area contributed by atoms with Gasteiger partial charge in [0.15, 0.2) is 16.6 Å². The fraction of sp³-hybridized carbons (Fsp3) is 0.240. The number of thiophene rings is 1. The fourth-order valence-corrected chi connectivity index (χ4v) is 5.34. The molecule has 0 amide bonds. The van der Waals surface area contributed by atoms with Crippen LogP contribution in [0.2, 0.25) is 0 Å². The molecule has 3 heterocycles. The smallest absolute Gasteiger partial charge is 0.342 e. The van der Waals surface area contributed by atoms with Gasteiger partial charge in [-0.25, -0.2) is 9.18 Å². The van der Waals surface area contributed by atoms with Crippen LogP contribution in [0.15, 0.2) is 54.1 Å². The van der Waals surface area contributed by atoms with Crippen LogP contribution in [0.3, 0.4) is 0 Å². The number of hydrogen-bond donors (Lipinski definition) is 1. The summed E-state index contributed by atoms with van der Waals surface area (Å²) in [6.07, 6.45) is 0.913. The van der Waals surface area contributed by atoms with Gasteiger partial charge in [-0.15, -0.1) is 11.3 Å². The summed E-state index contributed by atoms with van der Waals surface area (Å²) in [5, 5.41) is 12.4. The average Bonchev–Trinajstić information content (AvgIpc) is 3.56. The monoisotopic (exact) mass is 512 g/mol. The maximum atomic E-state index is 14.8. The lowest BCUT2D eigenvalue weighted by molar-refractivity contribution is -0.185. The minimum atomic E-state index is -2.16. The second-order valence-electron chi connectivity index (χ2n) is 7.95. The molecular weight excluding hydrogens is 491 g/mol. The number of rotatable bonds is 8. The van der Waals surface area contributed by atoms with Gasteiger partial charge in [-0.05, 0) is 54.4 Å². The third-order valence-corrected chi connectivity index (χ3v) is 7.28. The van der Waals surface area contributed by atoms with Gasteiger partial charge in [0.25, 0.3) is 5.79 Å². The highest BCUT2D eigenvalue weighted by Crippen LogP contribution is 2.46. The van der Waals surface area contributed by atoms with E-state index in [0.717, 1.165) is 29.1 Å². The normalized spacial score (nSPS) is 17.8. The zero-order valence-corrected chi connectivity index (χ0v) is 20.5. The minimum absolute atomic E-state index is 0.0683. The Morgan fingerprint density at radius 1 is 1.11 bits per heavy atom. The molecule has 0 fully saturated rings. The number of benzene rings is 2. The first-order valence-electron chi connectivity index (χ1n) is 10.9. The van der Waals surface area contributed by atoms with Gasteiger partial charge in [0.05, 0.1) is 31.0 Å². The molecule has 1 unspecified atom stereocenters. The van der Waals surface area contributed by atoms with E-state index >= 15 is 0 Å². The molecule has 0 radical (unpaired) electrons. The van der Waals surface area contributed by atoms with Crippen molar-refractivity contribution < 1.29 is 28.5 Å². The second-order valence-corrected chi connectivity index (χ2v) is 9.61. The topological polar surface area (TPSA) is 90.8 Å². The number of hydrogen-bond acceptors (Lipinski definition) is 9. The number of carbonyl (C=O) groups excluding carboxylic acids is 1. The van der Waals surface area contributed by atoms with Crippen LogP contribution in [0.4, 0.5) is 4.39 Å². The van der Waals surface area contributed by atoms with Crippen LogP contribution in [0.1, 0.15) is 29.3 Å². The summed E-state index contributed by atoms with van der Waals surface area (Å²) in [4.78, 5) is 14.0.